The van der Waals surface area contributed by atoms with Crippen LogP contribution in [0, 0.1) is 5.92 Å². The molecule has 0 spiro atoms. The Kier molecular flexibility index (Phi) is 4.28. The molecule has 1 aliphatic heterocycles. The van der Waals surface area contributed by atoms with E-state index in [0.717, 1.165) is 36.8 Å². The Balaban J connectivity index is 1.89. The highest BCUT2D eigenvalue weighted by Gasteiger charge is 2.36. The Morgan fingerprint density at radius 2 is 1.91 bits per heavy atom. The lowest BCUT2D eigenvalue weighted by molar-refractivity contribution is -0.144. The maximum absolute atomic E-state index is 12.9. The van der Waals surface area contributed by atoms with E-state index in [4.69, 9.17) is 0 Å². The van der Waals surface area contributed by atoms with Gasteiger partial charge in [-0.15, -0.1) is 0 Å². The summed E-state index contributed by atoms with van der Waals surface area (Å²) in [5.41, 5.74) is 2.32. The molecule has 23 heavy (non-hydrogen) atoms. The zero-order chi connectivity index (χ0) is 16.6. The maximum atomic E-state index is 12.9. The van der Waals surface area contributed by atoms with Gasteiger partial charge in [-0.05, 0) is 62.6 Å². The summed E-state index contributed by atoms with van der Waals surface area (Å²) in [6.07, 6.45) is 5.16. The van der Waals surface area contributed by atoms with Crippen molar-refractivity contribution in [2.75, 3.05) is 6.54 Å². The normalized spacial score (nSPS) is 24.1. The second-order valence-corrected chi connectivity index (χ2v) is 6.63. The van der Waals surface area contributed by atoms with E-state index in [9.17, 15) is 19.8 Å². The van der Waals surface area contributed by atoms with Crippen LogP contribution in [0.2, 0.25) is 0 Å². The first-order valence-electron chi connectivity index (χ1n) is 8.38. The van der Waals surface area contributed by atoms with Crippen LogP contribution >= 0.6 is 0 Å². The highest BCUT2D eigenvalue weighted by molar-refractivity contribution is 5.98. The molecule has 1 heterocycles. The van der Waals surface area contributed by atoms with Crippen LogP contribution in [0.4, 0.5) is 0 Å². The highest BCUT2D eigenvalue weighted by atomic mass is 16.4. The summed E-state index contributed by atoms with van der Waals surface area (Å²) < 4.78 is 0. The minimum Gasteiger partial charge on any atom is -0.507 e. The van der Waals surface area contributed by atoms with Gasteiger partial charge in [-0.2, -0.15) is 0 Å². The number of carbonyl (C=O) groups is 2. The van der Waals surface area contributed by atoms with Gasteiger partial charge in [-0.3, -0.25) is 9.59 Å². The molecule has 2 aliphatic rings. The van der Waals surface area contributed by atoms with Gasteiger partial charge in [-0.25, -0.2) is 0 Å². The Labute approximate surface area is 135 Å². The van der Waals surface area contributed by atoms with Crippen molar-refractivity contribution in [3.8, 4) is 5.75 Å². The molecule has 3 rings (SSSR count). The molecule has 5 nitrogen and oxygen atoms in total. The number of piperidine rings is 1. The van der Waals surface area contributed by atoms with Gasteiger partial charge >= 0.3 is 5.97 Å². The molecule has 1 saturated heterocycles. The molecule has 1 fully saturated rings. The van der Waals surface area contributed by atoms with Crippen LogP contribution in [0.3, 0.4) is 0 Å². The van der Waals surface area contributed by atoms with Crippen molar-refractivity contribution >= 4 is 11.9 Å². The first kappa shape index (κ1) is 15.8. The highest BCUT2D eigenvalue weighted by Crippen LogP contribution is 2.34. The maximum Gasteiger partial charge on any atom is 0.308 e. The molecule has 0 aromatic heterocycles. The lowest BCUT2D eigenvalue weighted by Crippen LogP contribution is -2.49. The van der Waals surface area contributed by atoms with E-state index in [1.54, 1.807) is 17.9 Å². The van der Waals surface area contributed by atoms with Crippen LogP contribution in [0.15, 0.2) is 12.1 Å². The number of aryl methyl sites for hydroxylation is 1. The number of phenolic OH excluding ortho intramolecular Hbond substituents is 1. The van der Waals surface area contributed by atoms with Gasteiger partial charge in [-0.1, -0.05) is 6.07 Å². The number of phenols is 1. The molecule has 124 valence electrons. The Morgan fingerprint density at radius 1 is 1.17 bits per heavy atom. The van der Waals surface area contributed by atoms with Gasteiger partial charge in [0, 0.05) is 12.6 Å². The summed E-state index contributed by atoms with van der Waals surface area (Å²) in [6.45, 7) is 2.33. The number of fused-ring (bicyclic) bond motifs is 1. The SMILES string of the molecule is C[C@@H]1[C@H](C(=O)O)CCCN1C(=O)c1ccc2c(c1O)CCCC2. The lowest BCUT2D eigenvalue weighted by Gasteiger charge is -2.37. The number of nitrogens with zero attached hydrogens (tertiary/aromatic N) is 1. The molecule has 0 radical (unpaired) electrons. The van der Waals surface area contributed by atoms with E-state index in [-0.39, 0.29) is 17.7 Å². The first-order valence-corrected chi connectivity index (χ1v) is 8.38. The third kappa shape index (κ3) is 2.80. The summed E-state index contributed by atoms with van der Waals surface area (Å²) in [7, 11) is 0. The molecule has 1 aromatic rings. The molecule has 1 amide bonds. The van der Waals surface area contributed by atoms with Gasteiger partial charge < -0.3 is 15.1 Å². The predicted octanol–water partition coefficient (Wildman–Crippen LogP) is 2.60. The van der Waals surface area contributed by atoms with Crippen molar-refractivity contribution in [3.05, 3.63) is 28.8 Å². The van der Waals surface area contributed by atoms with E-state index in [1.807, 2.05) is 6.07 Å². The second-order valence-electron chi connectivity index (χ2n) is 6.63. The van der Waals surface area contributed by atoms with Crippen molar-refractivity contribution in [2.45, 2.75) is 51.5 Å². The number of hydrogen-bond donors (Lipinski definition) is 2. The molecule has 2 atom stereocenters. The van der Waals surface area contributed by atoms with E-state index in [0.29, 0.717) is 24.9 Å². The van der Waals surface area contributed by atoms with Crippen LogP contribution < -0.4 is 0 Å². The summed E-state index contributed by atoms with van der Waals surface area (Å²) in [5.74, 6) is -1.55. The quantitative estimate of drug-likeness (QED) is 0.879. The number of amides is 1. The summed E-state index contributed by atoms with van der Waals surface area (Å²) in [4.78, 5) is 25.8. The largest absolute Gasteiger partial charge is 0.507 e. The molecular formula is C18H23NO4. The topological polar surface area (TPSA) is 77.8 Å². The molecule has 0 unspecified atom stereocenters. The van der Waals surface area contributed by atoms with Gasteiger partial charge in [0.1, 0.15) is 5.75 Å². The van der Waals surface area contributed by atoms with E-state index in [2.05, 4.69) is 0 Å². The lowest BCUT2D eigenvalue weighted by atomic mass is 9.87. The number of benzene rings is 1. The van der Waals surface area contributed by atoms with Crippen molar-refractivity contribution in [2.24, 2.45) is 5.92 Å². The number of carboxylic acids is 1. The van der Waals surface area contributed by atoms with Crippen LogP contribution in [0.1, 0.15) is 54.1 Å². The second kappa shape index (κ2) is 6.22. The zero-order valence-electron chi connectivity index (χ0n) is 13.4. The molecule has 1 aliphatic carbocycles. The Hall–Kier alpha value is -2.04. The Morgan fingerprint density at radius 3 is 2.65 bits per heavy atom. The van der Waals surface area contributed by atoms with Crippen LogP contribution in [-0.2, 0) is 17.6 Å². The summed E-state index contributed by atoms with van der Waals surface area (Å²) >= 11 is 0. The zero-order valence-corrected chi connectivity index (χ0v) is 13.4. The standard InChI is InChI=1S/C18H23NO4/c1-11-13(18(22)23)7-4-10-19(11)17(21)15-9-8-12-5-2-3-6-14(12)16(15)20/h8-9,11,13,20H,2-7,10H2,1H3,(H,22,23)/t11-,13-/m1/s1. The summed E-state index contributed by atoms with van der Waals surface area (Å²) in [6, 6.07) is 3.27. The molecular weight excluding hydrogens is 294 g/mol. The third-order valence-electron chi connectivity index (χ3n) is 5.30. The van der Waals surface area contributed by atoms with Crippen molar-refractivity contribution in [3.63, 3.8) is 0 Å². The average Bonchev–Trinajstić information content (AvgIpc) is 2.55. The first-order chi connectivity index (χ1) is 11.0. The number of aromatic hydroxyl groups is 1. The van der Waals surface area contributed by atoms with Gasteiger partial charge in [0.2, 0.25) is 0 Å². The van der Waals surface area contributed by atoms with Crippen LogP contribution in [0.5, 0.6) is 5.75 Å². The van der Waals surface area contributed by atoms with Crippen LogP contribution in [0.25, 0.3) is 0 Å². The monoisotopic (exact) mass is 317 g/mol. The molecule has 2 N–H and O–H groups in total. The van der Waals surface area contributed by atoms with Crippen molar-refractivity contribution in [1.29, 1.82) is 0 Å². The third-order valence-corrected chi connectivity index (χ3v) is 5.30. The number of carboxylic acid groups (broad SMARTS) is 1. The number of carbonyl (C=O) groups excluding carboxylic acids is 1. The van der Waals surface area contributed by atoms with Gasteiger partial charge in [0.15, 0.2) is 0 Å². The predicted molar refractivity (Wildman–Crippen MR) is 85.6 cm³/mol. The number of rotatable bonds is 2. The fourth-order valence-corrected chi connectivity index (χ4v) is 3.90. The fraction of sp³-hybridized carbons (Fsp3) is 0.556. The molecule has 0 bridgehead atoms. The van der Waals surface area contributed by atoms with Crippen molar-refractivity contribution < 1.29 is 19.8 Å². The smallest absolute Gasteiger partial charge is 0.308 e. The van der Waals surface area contributed by atoms with E-state index >= 15 is 0 Å². The number of hydrogen-bond acceptors (Lipinski definition) is 3. The minimum absolute atomic E-state index is 0.0943. The molecule has 5 heteroatoms. The van der Waals surface area contributed by atoms with Crippen LogP contribution in [-0.4, -0.2) is 39.6 Å². The molecule has 0 saturated carbocycles. The average molecular weight is 317 g/mol. The summed E-state index contributed by atoms with van der Waals surface area (Å²) in [5, 5.41) is 19.8. The minimum atomic E-state index is -0.857. The van der Waals surface area contributed by atoms with Crippen molar-refractivity contribution in [1.82, 2.24) is 4.90 Å². The fourth-order valence-electron chi connectivity index (χ4n) is 3.90. The number of aliphatic carboxylic acids is 1. The van der Waals surface area contributed by atoms with Gasteiger partial charge in [0.25, 0.3) is 5.91 Å². The Bertz CT molecular complexity index is 640. The van der Waals surface area contributed by atoms with Gasteiger partial charge in [0.05, 0.1) is 11.5 Å². The van der Waals surface area contributed by atoms with E-state index < -0.39 is 11.9 Å². The molecule has 1 aromatic carbocycles. The number of likely N-dealkylation sites (tertiary alicyclic amines) is 1. The van der Waals surface area contributed by atoms with E-state index in [1.165, 1.54) is 0 Å².